The summed E-state index contributed by atoms with van der Waals surface area (Å²) in [6.45, 7) is 4.00. The Morgan fingerprint density at radius 1 is 1.21 bits per heavy atom. The summed E-state index contributed by atoms with van der Waals surface area (Å²) in [5.41, 5.74) is 1.71. The number of ether oxygens (including phenoxy) is 2. The molecule has 1 aromatic carbocycles. The number of Topliss-reactive ketones (excluding diaryl/α,β-unsaturated/α-hetero) is 1. The molecule has 19 heavy (non-hydrogen) atoms. The summed E-state index contributed by atoms with van der Waals surface area (Å²) in [5, 5.41) is 3.30. The monoisotopic (exact) mass is 261 g/mol. The van der Waals surface area contributed by atoms with Crippen LogP contribution in [0.3, 0.4) is 0 Å². The number of nitrogens with one attached hydrogen (secondary N) is 1. The van der Waals surface area contributed by atoms with Crippen molar-refractivity contribution in [3.05, 3.63) is 23.3 Å². The van der Waals surface area contributed by atoms with E-state index in [1.54, 1.807) is 0 Å². The van der Waals surface area contributed by atoms with Gasteiger partial charge in [0.25, 0.3) is 0 Å². The molecule has 1 fully saturated rings. The van der Waals surface area contributed by atoms with E-state index in [0.717, 1.165) is 42.7 Å². The van der Waals surface area contributed by atoms with E-state index >= 15 is 0 Å². The molecule has 3 rings (SSSR count). The Kier molecular flexibility index (Phi) is 3.42. The van der Waals surface area contributed by atoms with E-state index < -0.39 is 0 Å². The van der Waals surface area contributed by atoms with Gasteiger partial charge in [0.15, 0.2) is 17.3 Å². The van der Waals surface area contributed by atoms with Gasteiger partial charge in [0, 0.05) is 5.56 Å². The average Bonchev–Trinajstić information content (AvgIpc) is 2.47. The minimum absolute atomic E-state index is 0.0463. The van der Waals surface area contributed by atoms with Gasteiger partial charge in [-0.2, -0.15) is 0 Å². The smallest absolute Gasteiger partial charge is 0.180 e. The van der Waals surface area contributed by atoms with Crippen LogP contribution in [0.1, 0.15) is 35.2 Å². The lowest BCUT2D eigenvalue weighted by Crippen LogP contribution is -2.40. The van der Waals surface area contributed by atoms with Crippen LogP contribution < -0.4 is 14.8 Å². The second kappa shape index (κ2) is 5.21. The Hall–Kier alpha value is -1.55. The van der Waals surface area contributed by atoms with Crippen molar-refractivity contribution >= 4 is 5.78 Å². The Labute approximate surface area is 113 Å². The average molecular weight is 261 g/mol. The van der Waals surface area contributed by atoms with Gasteiger partial charge in [-0.25, -0.2) is 0 Å². The molecule has 0 amide bonds. The number of carbonyl (C=O) groups is 1. The van der Waals surface area contributed by atoms with Gasteiger partial charge >= 0.3 is 0 Å². The number of hydrogen-bond donors (Lipinski definition) is 1. The van der Waals surface area contributed by atoms with Crippen LogP contribution in [0.2, 0.25) is 0 Å². The molecular formula is C15H19NO3. The van der Waals surface area contributed by atoms with Crippen molar-refractivity contribution < 1.29 is 14.3 Å². The SMILES string of the molecule is Cc1cc2c(cc1C(=O)C1CCCCN1)OCCO2. The van der Waals surface area contributed by atoms with E-state index in [1.807, 2.05) is 19.1 Å². The van der Waals surface area contributed by atoms with E-state index in [4.69, 9.17) is 9.47 Å². The van der Waals surface area contributed by atoms with Crippen LogP contribution in [-0.2, 0) is 0 Å². The molecule has 4 heteroatoms. The highest BCUT2D eigenvalue weighted by Gasteiger charge is 2.25. The summed E-state index contributed by atoms with van der Waals surface area (Å²) in [5.74, 6) is 1.61. The van der Waals surface area contributed by atoms with Gasteiger partial charge in [0.2, 0.25) is 0 Å². The van der Waals surface area contributed by atoms with Crippen LogP contribution in [0, 0.1) is 6.92 Å². The molecule has 1 aromatic rings. The lowest BCUT2D eigenvalue weighted by molar-refractivity contribution is 0.0925. The molecule has 4 nitrogen and oxygen atoms in total. The number of rotatable bonds is 2. The normalized spacial score (nSPS) is 22.1. The number of carbonyl (C=O) groups excluding carboxylic acids is 1. The predicted molar refractivity (Wildman–Crippen MR) is 72.1 cm³/mol. The molecule has 102 valence electrons. The van der Waals surface area contributed by atoms with E-state index in [-0.39, 0.29) is 11.8 Å². The third-order valence-electron chi connectivity index (χ3n) is 3.78. The zero-order chi connectivity index (χ0) is 13.2. The third kappa shape index (κ3) is 2.45. The summed E-state index contributed by atoms with van der Waals surface area (Å²) in [7, 11) is 0. The van der Waals surface area contributed by atoms with Gasteiger partial charge in [-0.05, 0) is 44.0 Å². The second-order valence-electron chi connectivity index (χ2n) is 5.18. The minimum Gasteiger partial charge on any atom is -0.486 e. The van der Waals surface area contributed by atoms with Crippen LogP contribution >= 0.6 is 0 Å². The molecule has 1 saturated heterocycles. The van der Waals surface area contributed by atoms with Crippen molar-refractivity contribution in [2.45, 2.75) is 32.2 Å². The summed E-state index contributed by atoms with van der Waals surface area (Å²) in [6.07, 6.45) is 3.20. The maximum Gasteiger partial charge on any atom is 0.180 e. The molecule has 0 radical (unpaired) electrons. The Bertz CT molecular complexity index is 492. The molecule has 2 aliphatic heterocycles. The number of hydrogen-bond acceptors (Lipinski definition) is 4. The van der Waals surface area contributed by atoms with E-state index in [2.05, 4.69) is 5.32 Å². The van der Waals surface area contributed by atoms with Crippen molar-refractivity contribution in [1.82, 2.24) is 5.32 Å². The van der Waals surface area contributed by atoms with Gasteiger partial charge in [0.05, 0.1) is 6.04 Å². The molecular weight excluding hydrogens is 242 g/mol. The van der Waals surface area contributed by atoms with Crippen LogP contribution in [0.5, 0.6) is 11.5 Å². The Morgan fingerprint density at radius 2 is 1.95 bits per heavy atom. The quantitative estimate of drug-likeness (QED) is 0.828. The fourth-order valence-corrected chi connectivity index (χ4v) is 2.72. The first-order chi connectivity index (χ1) is 9.25. The highest BCUT2D eigenvalue weighted by atomic mass is 16.6. The minimum atomic E-state index is -0.0463. The van der Waals surface area contributed by atoms with Crippen molar-refractivity contribution in [3.8, 4) is 11.5 Å². The van der Waals surface area contributed by atoms with Gasteiger partial charge < -0.3 is 14.8 Å². The molecule has 2 heterocycles. The lowest BCUT2D eigenvalue weighted by Gasteiger charge is -2.24. The largest absolute Gasteiger partial charge is 0.486 e. The van der Waals surface area contributed by atoms with Crippen LogP contribution in [0.4, 0.5) is 0 Å². The standard InChI is InChI=1S/C15H19NO3/c1-10-8-13-14(19-7-6-18-13)9-11(10)15(17)12-4-2-3-5-16-12/h8-9,12,16H,2-7H2,1H3. The molecule has 1 atom stereocenters. The zero-order valence-electron chi connectivity index (χ0n) is 11.2. The van der Waals surface area contributed by atoms with Gasteiger partial charge in [0.1, 0.15) is 13.2 Å². The Balaban J connectivity index is 1.89. The van der Waals surface area contributed by atoms with Crippen molar-refractivity contribution in [1.29, 1.82) is 0 Å². The molecule has 1 N–H and O–H groups in total. The fraction of sp³-hybridized carbons (Fsp3) is 0.533. The summed E-state index contributed by atoms with van der Waals surface area (Å²) >= 11 is 0. The molecule has 0 aliphatic carbocycles. The molecule has 0 saturated carbocycles. The van der Waals surface area contributed by atoms with Gasteiger partial charge in [-0.1, -0.05) is 6.42 Å². The van der Waals surface area contributed by atoms with Crippen molar-refractivity contribution in [2.75, 3.05) is 19.8 Å². The molecule has 0 bridgehead atoms. The molecule has 0 spiro atoms. The van der Waals surface area contributed by atoms with Crippen molar-refractivity contribution in [3.63, 3.8) is 0 Å². The number of aryl methyl sites for hydroxylation is 1. The maximum absolute atomic E-state index is 12.5. The first-order valence-electron chi connectivity index (χ1n) is 6.93. The lowest BCUT2D eigenvalue weighted by atomic mass is 9.93. The number of ketones is 1. The van der Waals surface area contributed by atoms with E-state index in [1.165, 1.54) is 0 Å². The Morgan fingerprint density at radius 3 is 2.63 bits per heavy atom. The highest BCUT2D eigenvalue weighted by Crippen LogP contribution is 2.33. The number of piperidine rings is 1. The second-order valence-corrected chi connectivity index (χ2v) is 5.18. The first kappa shape index (κ1) is 12.5. The summed E-state index contributed by atoms with van der Waals surface area (Å²) in [6, 6.07) is 3.70. The summed E-state index contributed by atoms with van der Waals surface area (Å²) < 4.78 is 11.1. The highest BCUT2D eigenvalue weighted by molar-refractivity contribution is 6.02. The first-order valence-corrected chi connectivity index (χ1v) is 6.93. The van der Waals surface area contributed by atoms with Crippen LogP contribution in [0.15, 0.2) is 12.1 Å². The summed E-state index contributed by atoms with van der Waals surface area (Å²) in [4.78, 5) is 12.5. The van der Waals surface area contributed by atoms with Crippen LogP contribution in [-0.4, -0.2) is 31.6 Å². The maximum atomic E-state index is 12.5. The fourth-order valence-electron chi connectivity index (χ4n) is 2.72. The zero-order valence-corrected chi connectivity index (χ0v) is 11.2. The molecule has 2 aliphatic rings. The van der Waals surface area contributed by atoms with Gasteiger partial charge in [-0.15, -0.1) is 0 Å². The number of benzene rings is 1. The molecule has 1 unspecified atom stereocenters. The van der Waals surface area contributed by atoms with Crippen molar-refractivity contribution in [2.24, 2.45) is 0 Å². The van der Waals surface area contributed by atoms with E-state index in [9.17, 15) is 4.79 Å². The topological polar surface area (TPSA) is 47.6 Å². The third-order valence-corrected chi connectivity index (χ3v) is 3.78. The predicted octanol–water partition coefficient (Wildman–Crippen LogP) is 2.09. The van der Waals surface area contributed by atoms with Gasteiger partial charge in [-0.3, -0.25) is 4.79 Å². The molecule has 0 aromatic heterocycles. The van der Waals surface area contributed by atoms with Crippen LogP contribution in [0.25, 0.3) is 0 Å². The number of fused-ring (bicyclic) bond motifs is 1. The van der Waals surface area contributed by atoms with E-state index in [0.29, 0.717) is 19.0 Å².